The molecular weight excluding hydrogens is 478 g/mol. The maximum absolute atomic E-state index is 12.5. The van der Waals surface area contributed by atoms with E-state index in [0.29, 0.717) is 16.5 Å². The normalized spacial score (nSPS) is 11.9. The molecule has 0 saturated carbocycles. The van der Waals surface area contributed by atoms with Crippen molar-refractivity contribution in [2.45, 2.75) is 32.0 Å². The van der Waals surface area contributed by atoms with Crippen LogP contribution in [0.2, 0.25) is 0 Å². The second kappa shape index (κ2) is 10.6. The van der Waals surface area contributed by atoms with E-state index in [9.17, 15) is 9.59 Å². The van der Waals surface area contributed by atoms with Crippen molar-refractivity contribution in [1.29, 1.82) is 0 Å². The second-order valence-electron chi connectivity index (χ2n) is 7.36. The second-order valence-corrected chi connectivity index (χ2v) is 9.22. The van der Waals surface area contributed by atoms with Crippen LogP contribution in [0.5, 0.6) is 0 Å². The average Bonchev–Trinajstić information content (AvgIpc) is 3.21. The van der Waals surface area contributed by atoms with Gasteiger partial charge in [-0.2, -0.15) is 0 Å². The van der Waals surface area contributed by atoms with Crippen LogP contribution in [0, 0.1) is 12.8 Å². The summed E-state index contributed by atoms with van der Waals surface area (Å²) in [4.78, 5) is 29.3. The molecule has 1 heterocycles. The third-order valence-electron chi connectivity index (χ3n) is 4.56. The summed E-state index contributed by atoms with van der Waals surface area (Å²) in [6.45, 7) is 5.93. The van der Waals surface area contributed by atoms with Crippen LogP contribution in [-0.2, 0) is 4.79 Å². The Morgan fingerprint density at radius 3 is 2.58 bits per heavy atom. The zero-order chi connectivity index (χ0) is 22.4. The fourth-order valence-corrected chi connectivity index (χ4v) is 3.99. The summed E-state index contributed by atoms with van der Waals surface area (Å²) in [5, 5.41) is 13.5. The number of rotatable bonds is 8. The molecule has 1 unspecified atom stereocenters. The van der Waals surface area contributed by atoms with E-state index in [0.717, 1.165) is 15.7 Å². The number of thioether (sulfide) groups is 1. The van der Waals surface area contributed by atoms with Crippen molar-refractivity contribution in [2.75, 3.05) is 11.1 Å². The van der Waals surface area contributed by atoms with Gasteiger partial charge in [-0.25, -0.2) is 4.98 Å². The summed E-state index contributed by atoms with van der Waals surface area (Å²) in [5.41, 5.74) is 2.33. The number of carbonyl (C=O) groups is 2. The van der Waals surface area contributed by atoms with Crippen LogP contribution in [0.4, 0.5) is 5.69 Å². The van der Waals surface area contributed by atoms with Crippen LogP contribution >= 0.6 is 27.7 Å². The standard InChI is InChI=1S/C22H24BrN5O2S/c1-13(2)19(25-21(30)15-7-5-4-6-8-15)20-26-22(28-27-20)31-12-18(29)24-17-10-9-16(23)11-14(17)3/h4-11,13,19H,12H2,1-3H3,(H,24,29)(H,25,30)(H,26,27,28). The summed E-state index contributed by atoms with van der Waals surface area (Å²) in [6, 6.07) is 14.4. The summed E-state index contributed by atoms with van der Waals surface area (Å²) in [7, 11) is 0. The Morgan fingerprint density at radius 1 is 1.16 bits per heavy atom. The van der Waals surface area contributed by atoms with E-state index >= 15 is 0 Å². The van der Waals surface area contributed by atoms with Gasteiger partial charge in [0.15, 0.2) is 0 Å². The number of hydrogen-bond donors (Lipinski definition) is 3. The predicted octanol–water partition coefficient (Wildman–Crippen LogP) is 4.73. The maximum atomic E-state index is 12.5. The molecule has 3 aromatic rings. The van der Waals surface area contributed by atoms with Crippen LogP contribution in [0.25, 0.3) is 0 Å². The third-order valence-corrected chi connectivity index (χ3v) is 5.90. The summed E-state index contributed by atoms with van der Waals surface area (Å²) < 4.78 is 0.963. The lowest BCUT2D eigenvalue weighted by Crippen LogP contribution is -2.32. The first kappa shape index (κ1) is 23.0. The first-order valence-electron chi connectivity index (χ1n) is 9.80. The highest BCUT2D eigenvalue weighted by molar-refractivity contribution is 9.10. The largest absolute Gasteiger partial charge is 0.342 e. The zero-order valence-corrected chi connectivity index (χ0v) is 19.9. The van der Waals surface area contributed by atoms with Crippen molar-refractivity contribution >= 4 is 45.2 Å². The Hall–Kier alpha value is -2.65. The van der Waals surface area contributed by atoms with E-state index < -0.39 is 0 Å². The van der Waals surface area contributed by atoms with Crippen LogP contribution in [0.15, 0.2) is 58.2 Å². The lowest BCUT2D eigenvalue weighted by Gasteiger charge is -2.19. The van der Waals surface area contributed by atoms with Gasteiger partial charge in [-0.15, -0.1) is 5.10 Å². The molecule has 0 aliphatic heterocycles. The van der Waals surface area contributed by atoms with Gasteiger partial charge in [0.1, 0.15) is 5.82 Å². The molecule has 7 nitrogen and oxygen atoms in total. The molecule has 0 fully saturated rings. The van der Waals surface area contributed by atoms with Crippen molar-refractivity contribution < 1.29 is 9.59 Å². The highest BCUT2D eigenvalue weighted by atomic mass is 79.9. The fourth-order valence-electron chi connectivity index (χ4n) is 2.91. The number of benzene rings is 2. The van der Waals surface area contributed by atoms with Gasteiger partial charge in [0, 0.05) is 15.7 Å². The number of aromatic amines is 1. The monoisotopic (exact) mass is 501 g/mol. The topological polar surface area (TPSA) is 99.8 Å². The quantitative estimate of drug-likeness (QED) is 0.387. The number of nitrogens with one attached hydrogen (secondary N) is 3. The maximum Gasteiger partial charge on any atom is 0.251 e. The number of nitrogens with zero attached hydrogens (tertiary/aromatic N) is 2. The van der Waals surface area contributed by atoms with Gasteiger partial charge in [-0.1, -0.05) is 59.7 Å². The minimum atomic E-state index is -0.325. The number of hydrogen-bond acceptors (Lipinski definition) is 5. The number of aromatic nitrogens is 3. The lowest BCUT2D eigenvalue weighted by molar-refractivity contribution is -0.113. The molecule has 0 bridgehead atoms. The van der Waals surface area contributed by atoms with E-state index in [1.807, 2.05) is 57.2 Å². The van der Waals surface area contributed by atoms with Crippen molar-refractivity contribution in [1.82, 2.24) is 20.5 Å². The number of carbonyl (C=O) groups excluding carboxylic acids is 2. The summed E-state index contributed by atoms with van der Waals surface area (Å²) in [6.07, 6.45) is 0. The average molecular weight is 502 g/mol. The molecule has 2 aromatic carbocycles. The summed E-state index contributed by atoms with van der Waals surface area (Å²) >= 11 is 4.65. The van der Waals surface area contributed by atoms with Gasteiger partial charge in [-0.3, -0.25) is 14.7 Å². The van der Waals surface area contributed by atoms with E-state index in [1.54, 1.807) is 12.1 Å². The van der Waals surface area contributed by atoms with Crippen LogP contribution in [-0.4, -0.2) is 32.7 Å². The molecule has 162 valence electrons. The van der Waals surface area contributed by atoms with Gasteiger partial charge in [0.2, 0.25) is 11.1 Å². The molecule has 3 rings (SSSR count). The molecule has 0 spiro atoms. The predicted molar refractivity (Wildman–Crippen MR) is 126 cm³/mol. The molecular formula is C22H24BrN5O2S. The molecule has 0 radical (unpaired) electrons. The van der Waals surface area contributed by atoms with Gasteiger partial charge < -0.3 is 10.6 Å². The van der Waals surface area contributed by atoms with Crippen molar-refractivity contribution in [2.24, 2.45) is 5.92 Å². The van der Waals surface area contributed by atoms with E-state index in [2.05, 4.69) is 41.7 Å². The fraction of sp³-hybridized carbons (Fsp3) is 0.273. The molecule has 1 atom stereocenters. The molecule has 3 N–H and O–H groups in total. The molecule has 0 saturated heterocycles. The number of amides is 2. The van der Waals surface area contributed by atoms with Crippen molar-refractivity contribution in [3.63, 3.8) is 0 Å². The molecule has 2 amide bonds. The zero-order valence-electron chi connectivity index (χ0n) is 17.5. The minimum Gasteiger partial charge on any atom is -0.342 e. The highest BCUT2D eigenvalue weighted by Gasteiger charge is 2.23. The Morgan fingerprint density at radius 2 is 1.90 bits per heavy atom. The molecule has 1 aromatic heterocycles. The first-order valence-corrected chi connectivity index (χ1v) is 11.6. The van der Waals surface area contributed by atoms with Crippen LogP contribution in [0.1, 0.15) is 41.6 Å². The van der Waals surface area contributed by atoms with Crippen molar-refractivity contribution in [3.05, 3.63) is 70.0 Å². The van der Waals surface area contributed by atoms with E-state index in [-0.39, 0.29) is 29.5 Å². The van der Waals surface area contributed by atoms with Gasteiger partial charge >= 0.3 is 0 Å². The Kier molecular flexibility index (Phi) is 7.86. The number of anilines is 1. The van der Waals surface area contributed by atoms with E-state index in [1.165, 1.54) is 11.8 Å². The van der Waals surface area contributed by atoms with E-state index in [4.69, 9.17) is 0 Å². The Balaban J connectivity index is 1.59. The highest BCUT2D eigenvalue weighted by Crippen LogP contribution is 2.23. The number of H-pyrrole nitrogens is 1. The van der Waals surface area contributed by atoms with Crippen LogP contribution < -0.4 is 10.6 Å². The Bertz CT molecular complexity index is 1060. The first-order chi connectivity index (χ1) is 14.8. The summed E-state index contributed by atoms with van der Waals surface area (Å²) in [5.74, 6) is 0.525. The van der Waals surface area contributed by atoms with Crippen molar-refractivity contribution in [3.8, 4) is 0 Å². The Labute approximate surface area is 193 Å². The number of aryl methyl sites for hydroxylation is 1. The van der Waals surface area contributed by atoms with Gasteiger partial charge in [0.25, 0.3) is 5.91 Å². The van der Waals surface area contributed by atoms with Crippen LogP contribution in [0.3, 0.4) is 0 Å². The lowest BCUT2D eigenvalue weighted by atomic mass is 10.0. The minimum absolute atomic E-state index is 0.0992. The molecule has 31 heavy (non-hydrogen) atoms. The van der Waals surface area contributed by atoms with Gasteiger partial charge in [0.05, 0.1) is 11.8 Å². The van der Waals surface area contributed by atoms with Gasteiger partial charge in [-0.05, 0) is 48.7 Å². The number of halogens is 1. The SMILES string of the molecule is Cc1cc(Br)ccc1NC(=O)CSc1n[nH]c(C(NC(=O)c2ccccc2)C(C)C)n1. The molecule has 0 aliphatic carbocycles. The molecule has 0 aliphatic rings. The smallest absolute Gasteiger partial charge is 0.251 e. The molecule has 9 heteroatoms. The third kappa shape index (κ3) is 6.41.